The minimum absolute atomic E-state index is 0.720. The molecule has 0 fully saturated rings. The molecule has 0 amide bonds. The highest BCUT2D eigenvalue weighted by atomic mass is 15.4. The summed E-state index contributed by atoms with van der Waals surface area (Å²) in [4.78, 5) is 4.88. The van der Waals surface area contributed by atoms with E-state index in [0.717, 1.165) is 24.4 Å². The molecule has 3 heteroatoms. The molecule has 1 N–H and O–H groups in total. The van der Waals surface area contributed by atoms with Crippen LogP contribution in [0.2, 0.25) is 0 Å². The Morgan fingerprint density at radius 1 is 0.923 bits per heavy atom. The number of benzene rings is 1. The molecule has 146 valence electrons. The molecule has 0 spiro atoms. The van der Waals surface area contributed by atoms with Gasteiger partial charge in [0.15, 0.2) is 0 Å². The summed E-state index contributed by atoms with van der Waals surface area (Å²) in [6.45, 7) is 7.83. The lowest BCUT2D eigenvalue weighted by Crippen LogP contribution is -2.19. The molecule has 3 nitrogen and oxygen atoms in total. The Morgan fingerprint density at radius 2 is 1.58 bits per heavy atom. The number of rotatable bonds is 14. The first-order valence-corrected chi connectivity index (χ1v) is 10.9. The molecule has 0 aliphatic carbocycles. The number of nitrogens with one attached hydrogen (secondary N) is 1. The summed E-state index contributed by atoms with van der Waals surface area (Å²) in [6.07, 6.45) is 14.6. The standard InChI is InChI=1S/C23H39N3/c1-4-5-6-7-8-9-10-11-12-17-23-25-21-15-13-14-16-22(21)26(23)24-19-18-20(2)3/h13-16,20,24H,4-12,17-19H2,1-3H3. The summed E-state index contributed by atoms with van der Waals surface area (Å²) in [5.74, 6) is 1.91. The van der Waals surface area contributed by atoms with Crippen LogP contribution < -0.4 is 5.43 Å². The second kappa shape index (κ2) is 12.0. The van der Waals surface area contributed by atoms with E-state index in [9.17, 15) is 0 Å². The minimum Gasteiger partial charge on any atom is -0.324 e. The van der Waals surface area contributed by atoms with Gasteiger partial charge in [0, 0.05) is 13.0 Å². The SMILES string of the molecule is CCCCCCCCCCCc1nc2ccccc2n1NCCC(C)C. The van der Waals surface area contributed by atoms with Gasteiger partial charge in [-0.15, -0.1) is 0 Å². The molecule has 0 unspecified atom stereocenters. The van der Waals surface area contributed by atoms with E-state index in [0.29, 0.717) is 0 Å². The third-order valence-electron chi connectivity index (χ3n) is 5.13. The van der Waals surface area contributed by atoms with E-state index in [1.54, 1.807) is 0 Å². The maximum Gasteiger partial charge on any atom is 0.128 e. The van der Waals surface area contributed by atoms with Crippen molar-refractivity contribution in [3.05, 3.63) is 30.1 Å². The largest absolute Gasteiger partial charge is 0.324 e. The van der Waals surface area contributed by atoms with Crippen molar-refractivity contribution >= 4 is 11.0 Å². The fourth-order valence-corrected chi connectivity index (χ4v) is 3.48. The van der Waals surface area contributed by atoms with Crippen LogP contribution in [0.4, 0.5) is 0 Å². The molecule has 2 aromatic rings. The average molecular weight is 358 g/mol. The number of hydrogen-bond acceptors (Lipinski definition) is 2. The lowest BCUT2D eigenvalue weighted by Gasteiger charge is -2.13. The summed E-state index contributed by atoms with van der Waals surface area (Å²) in [5.41, 5.74) is 5.92. The Balaban J connectivity index is 1.78. The summed E-state index contributed by atoms with van der Waals surface area (Å²) < 4.78 is 2.24. The molecule has 0 aliphatic heterocycles. The fraction of sp³-hybridized carbons (Fsp3) is 0.696. The molecule has 0 atom stereocenters. The Bertz CT molecular complexity index is 615. The number of hydrogen-bond donors (Lipinski definition) is 1. The fourth-order valence-electron chi connectivity index (χ4n) is 3.48. The molecule has 0 saturated carbocycles. The van der Waals surface area contributed by atoms with E-state index in [4.69, 9.17) is 4.98 Å². The molecule has 1 aromatic carbocycles. The second-order valence-corrected chi connectivity index (χ2v) is 8.02. The van der Waals surface area contributed by atoms with E-state index in [2.05, 4.69) is 55.1 Å². The van der Waals surface area contributed by atoms with Crippen molar-refractivity contribution in [3.63, 3.8) is 0 Å². The highest BCUT2D eigenvalue weighted by Crippen LogP contribution is 2.17. The first-order valence-electron chi connectivity index (χ1n) is 10.9. The van der Waals surface area contributed by atoms with Crippen LogP contribution in [-0.2, 0) is 6.42 Å². The van der Waals surface area contributed by atoms with Gasteiger partial charge in [0.25, 0.3) is 0 Å². The molecule has 1 heterocycles. The molecular formula is C23H39N3. The number of unbranched alkanes of at least 4 members (excludes halogenated alkanes) is 8. The molecule has 26 heavy (non-hydrogen) atoms. The van der Waals surface area contributed by atoms with Crippen LogP contribution in [0.25, 0.3) is 11.0 Å². The zero-order valence-corrected chi connectivity index (χ0v) is 17.3. The van der Waals surface area contributed by atoms with Crippen LogP contribution in [0.15, 0.2) is 24.3 Å². The van der Waals surface area contributed by atoms with Gasteiger partial charge in [-0.3, -0.25) is 0 Å². The van der Waals surface area contributed by atoms with Crippen molar-refractivity contribution in [3.8, 4) is 0 Å². The van der Waals surface area contributed by atoms with Crippen molar-refractivity contribution in [2.24, 2.45) is 5.92 Å². The van der Waals surface area contributed by atoms with Crippen LogP contribution in [0, 0.1) is 5.92 Å². The Labute approximate surface area is 160 Å². The summed E-state index contributed by atoms with van der Waals surface area (Å²) >= 11 is 0. The van der Waals surface area contributed by atoms with E-state index >= 15 is 0 Å². The van der Waals surface area contributed by atoms with Gasteiger partial charge in [-0.05, 0) is 30.9 Å². The quantitative estimate of drug-likeness (QED) is 0.381. The van der Waals surface area contributed by atoms with Gasteiger partial charge in [-0.25, -0.2) is 9.66 Å². The summed E-state index contributed by atoms with van der Waals surface area (Å²) in [7, 11) is 0. The lowest BCUT2D eigenvalue weighted by atomic mass is 10.1. The molecule has 0 bridgehead atoms. The van der Waals surface area contributed by atoms with E-state index in [1.807, 2.05) is 0 Å². The number of nitrogens with zero attached hydrogens (tertiary/aromatic N) is 2. The molecular weight excluding hydrogens is 318 g/mol. The van der Waals surface area contributed by atoms with E-state index in [-0.39, 0.29) is 0 Å². The van der Waals surface area contributed by atoms with Gasteiger partial charge in [0.1, 0.15) is 5.82 Å². The zero-order valence-electron chi connectivity index (χ0n) is 17.3. The zero-order chi connectivity index (χ0) is 18.6. The van der Waals surface area contributed by atoms with Crippen molar-refractivity contribution < 1.29 is 0 Å². The molecule has 0 saturated heterocycles. The number of aromatic nitrogens is 2. The van der Waals surface area contributed by atoms with Crippen LogP contribution in [0.5, 0.6) is 0 Å². The van der Waals surface area contributed by atoms with Crippen LogP contribution in [-0.4, -0.2) is 16.2 Å². The number of imidazole rings is 1. The van der Waals surface area contributed by atoms with Gasteiger partial charge in [0.2, 0.25) is 0 Å². The van der Waals surface area contributed by atoms with Crippen molar-refractivity contribution in [1.29, 1.82) is 0 Å². The predicted octanol–water partition coefficient (Wildman–Crippen LogP) is 6.70. The molecule has 0 radical (unpaired) electrons. The topological polar surface area (TPSA) is 29.9 Å². The first kappa shape index (κ1) is 20.8. The van der Waals surface area contributed by atoms with Crippen molar-refractivity contribution in [1.82, 2.24) is 9.66 Å². The predicted molar refractivity (Wildman–Crippen MR) is 114 cm³/mol. The Hall–Kier alpha value is -1.51. The summed E-state index contributed by atoms with van der Waals surface area (Å²) in [5, 5.41) is 0. The molecule has 1 aromatic heterocycles. The smallest absolute Gasteiger partial charge is 0.128 e. The van der Waals surface area contributed by atoms with Gasteiger partial charge < -0.3 is 5.43 Å². The van der Waals surface area contributed by atoms with Gasteiger partial charge in [-0.1, -0.05) is 84.3 Å². The van der Waals surface area contributed by atoms with Crippen molar-refractivity contribution in [2.45, 2.75) is 91.4 Å². The molecule has 0 aliphatic rings. The third kappa shape index (κ3) is 7.01. The highest BCUT2D eigenvalue weighted by molar-refractivity contribution is 5.76. The van der Waals surface area contributed by atoms with Crippen LogP contribution >= 0.6 is 0 Å². The van der Waals surface area contributed by atoms with Crippen LogP contribution in [0.3, 0.4) is 0 Å². The van der Waals surface area contributed by atoms with Gasteiger partial charge >= 0.3 is 0 Å². The van der Waals surface area contributed by atoms with Gasteiger partial charge in [-0.2, -0.15) is 0 Å². The summed E-state index contributed by atoms with van der Waals surface area (Å²) in [6, 6.07) is 8.48. The second-order valence-electron chi connectivity index (χ2n) is 8.02. The third-order valence-corrected chi connectivity index (χ3v) is 5.13. The first-order chi connectivity index (χ1) is 12.7. The number of aryl methyl sites for hydroxylation is 1. The molecule has 2 rings (SSSR count). The van der Waals surface area contributed by atoms with E-state index in [1.165, 1.54) is 75.5 Å². The monoisotopic (exact) mass is 357 g/mol. The number of para-hydroxylation sites is 2. The highest BCUT2D eigenvalue weighted by Gasteiger charge is 2.10. The lowest BCUT2D eigenvalue weighted by molar-refractivity contribution is 0.557. The minimum atomic E-state index is 0.720. The Morgan fingerprint density at radius 3 is 2.27 bits per heavy atom. The Kier molecular flexibility index (Phi) is 9.58. The maximum absolute atomic E-state index is 4.88. The van der Waals surface area contributed by atoms with Crippen molar-refractivity contribution in [2.75, 3.05) is 12.0 Å². The maximum atomic E-state index is 4.88. The average Bonchev–Trinajstić information content (AvgIpc) is 2.98. The normalized spacial score (nSPS) is 11.5. The van der Waals surface area contributed by atoms with Crippen LogP contribution in [0.1, 0.15) is 90.8 Å². The number of fused-ring (bicyclic) bond motifs is 1. The van der Waals surface area contributed by atoms with Gasteiger partial charge in [0.05, 0.1) is 11.0 Å². The van der Waals surface area contributed by atoms with E-state index < -0.39 is 0 Å².